The first-order valence-electron chi connectivity index (χ1n) is 11.4. The smallest absolute Gasteiger partial charge is 0.322 e. The summed E-state index contributed by atoms with van der Waals surface area (Å²) < 4.78 is 32.3. The van der Waals surface area contributed by atoms with Crippen molar-refractivity contribution in [1.29, 1.82) is 0 Å². The zero-order valence-corrected chi connectivity index (χ0v) is 20.6. The average Bonchev–Trinajstić information content (AvgIpc) is 2.90. The number of aliphatic carboxylic acids is 1. The number of Topliss-reactive ketones (excluding diaryl/α,β-unsaturated/α-hetero) is 1. The third kappa shape index (κ3) is 5.83. The van der Waals surface area contributed by atoms with Crippen molar-refractivity contribution in [2.75, 3.05) is 18.9 Å². The highest BCUT2D eigenvalue weighted by Gasteiger charge is 2.56. The van der Waals surface area contributed by atoms with Crippen LogP contribution in [0.1, 0.15) is 21.5 Å². The lowest BCUT2D eigenvalue weighted by atomic mass is 9.74. The van der Waals surface area contributed by atoms with E-state index in [1.165, 1.54) is 36.4 Å². The van der Waals surface area contributed by atoms with E-state index in [2.05, 4.69) is 10.6 Å². The lowest BCUT2D eigenvalue weighted by molar-refractivity contribution is -0.138. The van der Waals surface area contributed by atoms with Crippen LogP contribution in [-0.4, -0.2) is 52.8 Å². The van der Waals surface area contributed by atoms with Crippen LogP contribution < -0.4 is 15.4 Å². The Morgan fingerprint density at radius 2 is 1.47 bits per heavy atom. The molecule has 38 heavy (non-hydrogen) atoms. The summed E-state index contributed by atoms with van der Waals surface area (Å²) in [6.07, 6.45) is 0. The molecule has 1 saturated heterocycles. The maximum Gasteiger partial charge on any atom is 0.322 e. The first-order chi connectivity index (χ1) is 18.2. The van der Waals surface area contributed by atoms with Crippen LogP contribution in [0.15, 0.2) is 72.8 Å². The molecule has 3 N–H and O–H groups in total. The summed E-state index contributed by atoms with van der Waals surface area (Å²) in [6, 6.07) is 17.3. The number of ketones is 1. The molecule has 2 atom stereocenters. The highest BCUT2D eigenvalue weighted by atomic mass is 32.2. The van der Waals surface area contributed by atoms with Gasteiger partial charge in [-0.3, -0.25) is 19.2 Å². The molecule has 8 nitrogen and oxygen atoms in total. The molecule has 1 heterocycles. The second-order valence-corrected chi connectivity index (χ2v) is 9.50. The number of halogens is 2. The molecule has 2 amide bonds. The third-order valence-electron chi connectivity index (χ3n) is 5.92. The van der Waals surface area contributed by atoms with Gasteiger partial charge in [-0.1, -0.05) is 24.3 Å². The second-order valence-electron chi connectivity index (χ2n) is 8.41. The molecular weight excluding hydrogens is 518 g/mol. The Labute approximate surface area is 220 Å². The Morgan fingerprint density at radius 3 is 2.03 bits per heavy atom. The minimum atomic E-state index is -1.18. The molecule has 4 rings (SSSR count). The molecule has 11 heteroatoms. The van der Waals surface area contributed by atoms with Crippen molar-refractivity contribution in [2.45, 2.75) is 10.8 Å². The molecule has 0 bridgehead atoms. The number of ether oxygens (including phenoxy) is 1. The molecule has 0 aromatic heterocycles. The minimum absolute atomic E-state index is 0.0423. The van der Waals surface area contributed by atoms with Gasteiger partial charge in [0.05, 0.1) is 5.75 Å². The highest BCUT2D eigenvalue weighted by molar-refractivity contribution is 8.01. The van der Waals surface area contributed by atoms with Crippen molar-refractivity contribution in [3.8, 4) is 5.75 Å². The molecule has 0 radical (unpaired) electrons. The summed E-state index contributed by atoms with van der Waals surface area (Å²) in [5, 5.41) is 13.0. The monoisotopic (exact) mass is 540 g/mol. The number of thioether (sulfide) groups is 1. The van der Waals surface area contributed by atoms with Crippen LogP contribution in [0.3, 0.4) is 0 Å². The molecule has 0 saturated carbocycles. The standard InChI is InChI=1S/C27H22F2N2O6S/c28-19-7-1-16(2-8-19)22(32)15-38-25-26(36)31-27(25,17-3-9-20(29)10-4-17)18-5-11-21(12-6-18)37-14-23(33)30-13-24(34)35/h1-12,25H,13-15H2,(H,30,33)(H,31,36)(H,34,35)/t25-,27-/m0/s1. The molecule has 0 unspecified atom stereocenters. The lowest BCUT2D eigenvalue weighted by Gasteiger charge is -2.49. The summed E-state index contributed by atoms with van der Waals surface area (Å²) in [7, 11) is 0. The number of carbonyl (C=O) groups excluding carboxylic acids is 3. The normalized spacial score (nSPS) is 18.2. The number of rotatable bonds is 11. The number of nitrogens with one attached hydrogen (secondary N) is 2. The fourth-order valence-corrected chi connectivity index (χ4v) is 5.31. The van der Waals surface area contributed by atoms with E-state index in [9.17, 15) is 28.0 Å². The Balaban J connectivity index is 1.54. The number of benzene rings is 3. The fourth-order valence-electron chi connectivity index (χ4n) is 4.04. The number of hydrogen-bond donors (Lipinski definition) is 3. The first-order valence-corrected chi connectivity index (χ1v) is 12.4. The van der Waals surface area contributed by atoms with Crippen LogP contribution in [0, 0.1) is 11.6 Å². The van der Waals surface area contributed by atoms with Crippen LogP contribution in [0.25, 0.3) is 0 Å². The number of carbonyl (C=O) groups is 4. The lowest BCUT2D eigenvalue weighted by Crippen LogP contribution is -2.69. The predicted molar refractivity (Wildman–Crippen MR) is 135 cm³/mol. The Bertz CT molecular complexity index is 1350. The Hall–Kier alpha value is -4.25. The van der Waals surface area contributed by atoms with Crippen molar-refractivity contribution in [3.63, 3.8) is 0 Å². The zero-order chi connectivity index (χ0) is 27.3. The average molecular weight is 541 g/mol. The second kappa shape index (κ2) is 11.4. The van der Waals surface area contributed by atoms with Gasteiger partial charge in [0.25, 0.3) is 5.91 Å². The van der Waals surface area contributed by atoms with Crippen LogP contribution in [0.4, 0.5) is 8.78 Å². The largest absolute Gasteiger partial charge is 0.484 e. The number of carboxylic acid groups (broad SMARTS) is 1. The predicted octanol–water partition coefficient (Wildman–Crippen LogP) is 2.90. The molecule has 196 valence electrons. The van der Waals surface area contributed by atoms with Crippen molar-refractivity contribution in [3.05, 3.63) is 101 Å². The summed E-state index contributed by atoms with van der Waals surface area (Å²) >= 11 is 1.12. The maximum atomic E-state index is 13.7. The maximum absolute atomic E-state index is 13.7. The topological polar surface area (TPSA) is 122 Å². The van der Waals surface area contributed by atoms with Gasteiger partial charge in [0.15, 0.2) is 12.4 Å². The first kappa shape index (κ1) is 26.8. The Kier molecular flexibility index (Phi) is 8.06. The summed E-state index contributed by atoms with van der Waals surface area (Å²) in [6.45, 7) is -0.916. The van der Waals surface area contributed by atoms with Gasteiger partial charge >= 0.3 is 5.97 Å². The van der Waals surface area contributed by atoms with Crippen molar-refractivity contribution < 1.29 is 37.8 Å². The van der Waals surface area contributed by atoms with Gasteiger partial charge in [-0.05, 0) is 59.7 Å². The van der Waals surface area contributed by atoms with E-state index in [1.807, 2.05) is 0 Å². The van der Waals surface area contributed by atoms with Crippen molar-refractivity contribution in [1.82, 2.24) is 10.6 Å². The van der Waals surface area contributed by atoms with Gasteiger partial charge in [0, 0.05) is 5.56 Å². The highest BCUT2D eigenvalue weighted by Crippen LogP contribution is 2.45. The quantitative estimate of drug-likeness (QED) is 0.253. The molecular formula is C27H22F2N2O6S. The van der Waals surface area contributed by atoms with E-state index in [-0.39, 0.29) is 17.4 Å². The van der Waals surface area contributed by atoms with Gasteiger partial charge in [-0.15, -0.1) is 11.8 Å². The summed E-state index contributed by atoms with van der Waals surface area (Å²) in [5.41, 5.74) is 0.487. The van der Waals surface area contributed by atoms with Gasteiger partial charge < -0.3 is 20.5 Å². The third-order valence-corrected chi connectivity index (χ3v) is 7.24. The minimum Gasteiger partial charge on any atom is -0.484 e. The zero-order valence-electron chi connectivity index (χ0n) is 19.8. The molecule has 1 aliphatic heterocycles. The van der Waals surface area contributed by atoms with Crippen molar-refractivity contribution >= 4 is 35.3 Å². The summed E-state index contributed by atoms with van der Waals surface area (Å²) in [4.78, 5) is 47.7. The van der Waals surface area contributed by atoms with E-state index in [4.69, 9.17) is 9.84 Å². The van der Waals surface area contributed by atoms with Crippen LogP contribution in [-0.2, 0) is 19.9 Å². The molecule has 0 spiro atoms. The number of amides is 2. The van der Waals surface area contributed by atoms with Gasteiger partial charge in [-0.2, -0.15) is 0 Å². The molecule has 1 fully saturated rings. The Morgan fingerprint density at radius 1 is 0.921 bits per heavy atom. The number of hydrogen-bond acceptors (Lipinski definition) is 6. The van der Waals surface area contributed by atoms with Gasteiger partial charge in [-0.25, -0.2) is 8.78 Å². The SMILES string of the molecule is O=C(O)CNC(=O)COc1ccc([C@]2(c3ccc(F)cc3)NC(=O)[C@@H]2SCC(=O)c2ccc(F)cc2)cc1. The van der Waals surface area contributed by atoms with E-state index < -0.39 is 47.5 Å². The molecule has 3 aromatic carbocycles. The van der Waals surface area contributed by atoms with Crippen LogP contribution in [0.2, 0.25) is 0 Å². The van der Waals surface area contributed by atoms with Crippen molar-refractivity contribution in [2.24, 2.45) is 0 Å². The molecule has 3 aromatic rings. The van der Waals surface area contributed by atoms with Gasteiger partial charge in [0.1, 0.15) is 34.7 Å². The summed E-state index contributed by atoms with van der Waals surface area (Å²) in [5.74, 6) is -2.98. The van der Waals surface area contributed by atoms with E-state index in [0.717, 1.165) is 11.8 Å². The van der Waals surface area contributed by atoms with Crippen LogP contribution in [0.5, 0.6) is 5.75 Å². The number of carboxylic acids is 1. The number of β-lactam (4-membered cyclic amide) rings is 1. The van der Waals surface area contributed by atoms with Crippen LogP contribution >= 0.6 is 11.8 Å². The van der Waals surface area contributed by atoms with Gasteiger partial charge in [0.2, 0.25) is 5.91 Å². The van der Waals surface area contributed by atoms with E-state index in [0.29, 0.717) is 22.4 Å². The fraction of sp³-hybridized carbons (Fsp3) is 0.185. The molecule has 1 aliphatic rings. The molecule has 0 aliphatic carbocycles. The van der Waals surface area contributed by atoms with E-state index in [1.54, 1.807) is 36.4 Å². The van der Waals surface area contributed by atoms with E-state index >= 15 is 0 Å².